The number of ether oxygens (including phenoxy) is 2. The summed E-state index contributed by atoms with van der Waals surface area (Å²) in [6.07, 6.45) is 2.16. The Morgan fingerprint density at radius 3 is 2.61 bits per heavy atom. The van der Waals surface area contributed by atoms with Gasteiger partial charge < -0.3 is 14.8 Å². The summed E-state index contributed by atoms with van der Waals surface area (Å²) in [7, 11) is 0. The molecule has 5 nitrogen and oxygen atoms in total. The highest BCUT2D eigenvalue weighted by Crippen LogP contribution is 2.50. The van der Waals surface area contributed by atoms with Crippen LogP contribution in [0.2, 0.25) is 0 Å². The van der Waals surface area contributed by atoms with Gasteiger partial charge in [0.1, 0.15) is 0 Å². The van der Waals surface area contributed by atoms with E-state index in [1.54, 1.807) is 0 Å². The fourth-order valence-corrected chi connectivity index (χ4v) is 4.76. The molecule has 0 spiro atoms. The third-order valence-electron chi connectivity index (χ3n) is 5.99. The second-order valence-electron chi connectivity index (χ2n) is 7.50. The molecule has 1 atom stereocenters. The van der Waals surface area contributed by atoms with Gasteiger partial charge in [-0.2, -0.15) is 0 Å². The molecule has 2 aromatic rings. The van der Waals surface area contributed by atoms with Gasteiger partial charge in [-0.05, 0) is 30.5 Å². The zero-order valence-electron chi connectivity index (χ0n) is 15.1. The lowest BCUT2D eigenvalue weighted by atomic mass is 9.75. The van der Waals surface area contributed by atoms with Crippen molar-refractivity contribution in [2.75, 3.05) is 6.79 Å². The Morgan fingerprint density at radius 2 is 1.71 bits per heavy atom. The average molecular weight is 371 g/mol. The van der Waals surface area contributed by atoms with Crippen LogP contribution in [0.1, 0.15) is 46.7 Å². The van der Waals surface area contributed by atoms with E-state index in [1.165, 1.54) is 0 Å². The van der Waals surface area contributed by atoms with Gasteiger partial charge >= 0.3 is 0 Å². The Bertz CT molecular complexity index is 1140. The van der Waals surface area contributed by atoms with Crippen LogP contribution in [0.15, 0.2) is 59.3 Å². The molecule has 0 fully saturated rings. The van der Waals surface area contributed by atoms with Crippen LogP contribution in [0, 0.1) is 0 Å². The van der Waals surface area contributed by atoms with Crippen LogP contribution in [-0.2, 0) is 4.79 Å². The highest BCUT2D eigenvalue weighted by Gasteiger charge is 2.43. The second-order valence-corrected chi connectivity index (χ2v) is 7.50. The van der Waals surface area contributed by atoms with Crippen LogP contribution in [0.3, 0.4) is 0 Å². The van der Waals surface area contributed by atoms with Crippen molar-refractivity contribution in [1.29, 1.82) is 0 Å². The van der Waals surface area contributed by atoms with Crippen molar-refractivity contribution in [3.63, 3.8) is 0 Å². The molecule has 0 bridgehead atoms. The van der Waals surface area contributed by atoms with Crippen molar-refractivity contribution in [3.8, 4) is 11.5 Å². The van der Waals surface area contributed by atoms with Crippen molar-refractivity contribution in [1.82, 2.24) is 5.32 Å². The number of allylic oxidation sites excluding steroid dienone is 3. The normalized spacial score (nSPS) is 22.1. The molecule has 2 heterocycles. The molecular formula is C23H17NO4. The van der Waals surface area contributed by atoms with Gasteiger partial charge in [-0.25, -0.2) is 0 Å². The molecule has 28 heavy (non-hydrogen) atoms. The monoisotopic (exact) mass is 371 g/mol. The molecule has 1 N–H and O–H groups in total. The minimum absolute atomic E-state index is 0.00862. The maximum absolute atomic E-state index is 13.3. The molecule has 0 saturated carbocycles. The van der Waals surface area contributed by atoms with Crippen LogP contribution in [-0.4, -0.2) is 18.4 Å². The lowest BCUT2D eigenvalue weighted by Crippen LogP contribution is -2.31. The van der Waals surface area contributed by atoms with E-state index in [0.29, 0.717) is 29.1 Å². The van der Waals surface area contributed by atoms with Gasteiger partial charge in [0.2, 0.25) is 6.79 Å². The predicted octanol–water partition coefficient (Wildman–Crippen LogP) is 3.72. The van der Waals surface area contributed by atoms with Crippen molar-refractivity contribution in [2.45, 2.75) is 25.2 Å². The third kappa shape index (κ3) is 2.01. The summed E-state index contributed by atoms with van der Waals surface area (Å²) >= 11 is 0. The van der Waals surface area contributed by atoms with E-state index in [1.807, 2.05) is 42.5 Å². The molecule has 2 aliphatic heterocycles. The molecular weight excluding hydrogens is 354 g/mol. The van der Waals surface area contributed by atoms with E-state index in [2.05, 4.69) is 5.32 Å². The summed E-state index contributed by atoms with van der Waals surface area (Å²) in [5.74, 6) is 1.08. The van der Waals surface area contributed by atoms with Crippen LogP contribution in [0.25, 0.3) is 5.70 Å². The number of hydrogen-bond donors (Lipinski definition) is 1. The van der Waals surface area contributed by atoms with Crippen LogP contribution >= 0.6 is 0 Å². The first-order valence-corrected chi connectivity index (χ1v) is 9.53. The summed E-state index contributed by atoms with van der Waals surface area (Å²) in [5, 5.41) is 3.45. The number of hydrogen-bond acceptors (Lipinski definition) is 5. The van der Waals surface area contributed by atoms with Crippen molar-refractivity contribution in [2.24, 2.45) is 0 Å². The highest BCUT2D eigenvalue weighted by atomic mass is 16.7. The van der Waals surface area contributed by atoms with Gasteiger partial charge in [-0.15, -0.1) is 0 Å². The van der Waals surface area contributed by atoms with Crippen LogP contribution in [0.5, 0.6) is 11.5 Å². The number of rotatable bonds is 1. The zero-order valence-corrected chi connectivity index (χ0v) is 15.1. The van der Waals surface area contributed by atoms with E-state index in [4.69, 9.17) is 9.47 Å². The number of ketones is 2. The topological polar surface area (TPSA) is 64.6 Å². The maximum atomic E-state index is 13.3. The van der Waals surface area contributed by atoms with Gasteiger partial charge in [0.15, 0.2) is 23.1 Å². The first kappa shape index (κ1) is 15.7. The molecule has 6 rings (SSSR count). The highest BCUT2D eigenvalue weighted by molar-refractivity contribution is 6.23. The molecule has 0 aromatic heterocycles. The smallest absolute Gasteiger partial charge is 0.231 e. The molecule has 2 aliphatic carbocycles. The lowest BCUT2D eigenvalue weighted by molar-refractivity contribution is -0.116. The third-order valence-corrected chi connectivity index (χ3v) is 5.99. The molecule has 0 unspecified atom stereocenters. The van der Waals surface area contributed by atoms with E-state index < -0.39 is 0 Å². The van der Waals surface area contributed by atoms with Crippen molar-refractivity contribution in [3.05, 3.63) is 76.0 Å². The number of nitrogens with one attached hydrogen (secondary N) is 1. The number of fused-ring (bicyclic) bond motifs is 3. The van der Waals surface area contributed by atoms with E-state index in [-0.39, 0.29) is 24.3 Å². The number of benzene rings is 2. The van der Waals surface area contributed by atoms with Crippen LogP contribution < -0.4 is 14.8 Å². The number of dihydropyridines is 1. The Hall–Kier alpha value is -3.34. The molecule has 0 amide bonds. The standard InChI is InChI=1S/C23H17NO4/c25-16-7-3-6-15-20(16)19(12-8-9-17-18(10-12)28-11-27-17)21-22(24-15)13-4-1-2-5-14(13)23(21)26/h1-2,4-5,8-10,19,24H,3,6-7,11H2/t19-/m0/s1. The van der Waals surface area contributed by atoms with E-state index in [0.717, 1.165) is 40.9 Å². The molecule has 138 valence electrons. The molecule has 0 saturated heterocycles. The van der Waals surface area contributed by atoms with E-state index in [9.17, 15) is 9.59 Å². The van der Waals surface area contributed by atoms with Crippen LogP contribution in [0.4, 0.5) is 0 Å². The van der Waals surface area contributed by atoms with Gasteiger partial charge in [0.05, 0.1) is 5.70 Å². The molecule has 0 radical (unpaired) electrons. The first-order valence-electron chi connectivity index (χ1n) is 9.53. The fraction of sp³-hybridized carbons (Fsp3) is 0.217. The molecule has 5 heteroatoms. The first-order chi connectivity index (χ1) is 13.7. The summed E-state index contributed by atoms with van der Waals surface area (Å²) in [4.78, 5) is 26.3. The van der Waals surface area contributed by atoms with Gasteiger partial charge in [-0.3, -0.25) is 9.59 Å². The average Bonchev–Trinajstić information content (AvgIpc) is 3.30. The fourth-order valence-electron chi connectivity index (χ4n) is 4.76. The lowest BCUT2D eigenvalue weighted by Gasteiger charge is -2.33. The van der Waals surface area contributed by atoms with Crippen molar-refractivity contribution >= 4 is 17.3 Å². The Balaban J connectivity index is 1.59. The SMILES string of the molecule is O=C1CCCC2=C1[C@H](c1ccc3c(c1)OCO3)C1=C(N2)c2ccccc2C1=O. The minimum Gasteiger partial charge on any atom is -0.454 e. The number of carbonyl (C=O) groups is 2. The summed E-state index contributed by atoms with van der Waals surface area (Å²) in [5.41, 5.74) is 5.68. The molecule has 2 aromatic carbocycles. The predicted molar refractivity (Wildman–Crippen MR) is 102 cm³/mol. The van der Waals surface area contributed by atoms with Crippen molar-refractivity contribution < 1.29 is 19.1 Å². The summed E-state index contributed by atoms with van der Waals surface area (Å²) in [6.45, 7) is 0.191. The van der Waals surface area contributed by atoms with Gasteiger partial charge in [0.25, 0.3) is 0 Å². The quantitative estimate of drug-likeness (QED) is 0.828. The Kier molecular flexibility index (Phi) is 3.13. The van der Waals surface area contributed by atoms with Gasteiger partial charge in [0, 0.05) is 40.3 Å². The Morgan fingerprint density at radius 1 is 0.893 bits per heavy atom. The Labute approximate surface area is 161 Å². The maximum Gasteiger partial charge on any atom is 0.231 e. The molecule has 4 aliphatic rings. The summed E-state index contributed by atoms with van der Waals surface area (Å²) in [6, 6.07) is 13.4. The van der Waals surface area contributed by atoms with E-state index >= 15 is 0 Å². The number of carbonyl (C=O) groups excluding carboxylic acids is 2. The zero-order chi connectivity index (χ0) is 18.8. The summed E-state index contributed by atoms with van der Waals surface area (Å²) < 4.78 is 11.0. The largest absolute Gasteiger partial charge is 0.454 e. The number of Topliss-reactive ketones (excluding diaryl/α,β-unsaturated/α-hetero) is 2. The minimum atomic E-state index is -0.381. The van der Waals surface area contributed by atoms with Gasteiger partial charge in [-0.1, -0.05) is 30.3 Å². The second kappa shape index (κ2) is 5.58.